The summed E-state index contributed by atoms with van der Waals surface area (Å²) in [5, 5.41) is 0. The van der Waals surface area contributed by atoms with E-state index in [0.29, 0.717) is 5.92 Å². The van der Waals surface area contributed by atoms with Gasteiger partial charge in [0.25, 0.3) is 0 Å². The Morgan fingerprint density at radius 1 is 1.43 bits per heavy atom. The Morgan fingerprint density at radius 3 is 2.29 bits per heavy atom. The SMILES string of the molecule is C=C(CN(C)CC1CC1)[B-](F)(F)F.[K+]. The minimum absolute atomic E-state index is 0. The fourth-order valence-electron chi connectivity index (χ4n) is 1.26. The molecule has 0 aromatic carbocycles. The zero-order chi connectivity index (χ0) is 10.1. The molecule has 0 amide bonds. The second-order valence-electron chi connectivity index (χ2n) is 3.87. The Morgan fingerprint density at radius 2 is 1.93 bits per heavy atom. The van der Waals surface area contributed by atoms with Crippen LogP contribution in [0.4, 0.5) is 12.9 Å². The maximum Gasteiger partial charge on any atom is 1.00 e. The summed E-state index contributed by atoms with van der Waals surface area (Å²) in [6.07, 6.45) is 2.32. The summed E-state index contributed by atoms with van der Waals surface area (Å²) in [5.41, 5.74) is -0.594. The maximum atomic E-state index is 12.1. The molecular weight excluding hydrogens is 217 g/mol. The van der Waals surface area contributed by atoms with Gasteiger partial charge in [0.2, 0.25) is 0 Å². The van der Waals surface area contributed by atoms with Gasteiger partial charge in [0.15, 0.2) is 0 Å². The molecule has 1 saturated carbocycles. The van der Waals surface area contributed by atoms with E-state index in [9.17, 15) is 12.9 Å². The molecule has 14 heavy (non-hydrogen) atoms. The predicted molar refractivity (Wildman–Crippen MR) is 48.4 cm³/mol. The third-order valence-electron chi connectivity index (χ3n) is 2.20. The van der Waals surface area contributed by atoms with E-state index in [1.807, 2.05) is 0 Å². The second kappa shape index (κ2) is 6.06. The van der Waals surface area contributed by atoms with Crippen molar-refractivity contribution in [3.63, 3.8) is 0 Å². The summed E-state index contributed by atoms with van der Waals surface area (Å²) in [7, 11) is 1.71. The van der Waals surface area contributed by atoms with Crippen LogP contribution in [0, 0.1) is 5.92 Å². The first-order chi connectivity index (χ1) is 5.89. The molecule has 0 unspecified atom stereocenters. The van der Waals surface area contributed by atoms with Crippen molar-refractivity contribution in [2.75, 3.05) is 20.1 Å². The van der Waals surface area contributed by atoms with Crippen LogP contribution in [0.2, 0.25) is 0 Å². The summed E-state index contributed by atoms with van der Waals surface area (Å²) in [5.74, 6) is 0.624. The second-order valence-corrected chi connectivity index (χ2v) is 3.87. The van der Waals surface area contributed by atoms with Gasteiger partial charge in [0.05, 0.1) is 0 Å². The van der Waals surface area contributed by atoms with Crippen LogP contribution in [-0.4, -0.2) is 32.0 Å². The standard InChI is InChI=1S/C8H14BF3N.K/c1-7(9(10,11)12)5-13(2)6-8-3-4-8;/h8H,1,3-6H2,2H3;/q-1;+1. The van der Waals surface area contributed by atoms with Gasteiger partial charge in [-0.15, -0.1) is 12.1 Å². The Labute approximate surface area is 126 Å². The van der Waals surface area contributed by atoms with Crippen molar-refractivity contribution in [3.05, 3.63) is 12.1 Å². The Balaban J connectivity index is 0.00000169. The molecule has 6 heteroatoms. The molecule has 1 aliphatic carbocycles. The van der Waals surface area contributed by atoms with Gasteiger partial charge in [-0.3, -0.25) is 0 Å². The first-order valence-corrected chi connectivity index (χ1v) is 4.45. The molecular formula is C8H14BF3KN. The van der Waals surface area contributed by atoms with Crippen molar-refractivity contribution in [1.29, 1.82) is 0 Å². The molecule has 0 N–H and O–H groups in total. The van der Waals surface area contributed by atoms with E-state index in [1.165, 1.54) is 0 Å². The van der Waals surface area contributed by atoms with Gasteiger partial charge < -0.3 is 17.8 Å². The molecule has 0 atom stereocenters. The minimum Gasteiger partial charge on any atom is -0.445 e. The first-order valence-electron chi connectivity index (χ1n) is 4.45. The topological polar surface area (TPSA) is 3.24 Å². The van der Waals surface area contributed by atoms with E-state index in [1.54, 1.807) is 11.9 Å². The summed E-state index contributed by atoms with van der Waals surface area (Å²) in [6.45, 7) is -1.06. The molecule has 1 aliphatic rings. The summed E-state index contributed by atoms with van der Waals surface area (Å²) in [4.78, 5) is 1.70. The smallest absolute Gasteiger partial charge is 0.445 e. The molecule has 0 saturated heterocycles. The first kappa shape index (κ1) is 15.2. The summed E-state index contributed by atoms with van der Waals surface area (Å²) >= 11 is 0. The van der Waals surface area contributed by atoms with E-state index < -0.39 is 12.4 Å². The fourth-order valence-corrected chi connectivity index (χ4v) is 1.26. The van der Waals surface area contributed by atoms with Crippen molar-refractivity contribution in [2.24, 2.45) is 5.92 Å². The minimum atomic E-state index is -4.85. The number of rotatable bonds is 5. The quantitative estimate of drug-likeness (QED) is 0.564. The third-order valence-corrected chi connectivity index (χ3v) is 2.20. The van der Waals surface area contributed by atoms with Crippen LogP contribution in [-0.2, 0) is 0 Å². The molecule has 1 fully saturated rings. The van der Waals surface area contributed by atoms with Crippen molar-refractivity contribution in [2.45, 2.75) is 12.8 Å². The summed E-state index contributed by atoms with van der Waals surface area (Å²) in [6, 6.07) is 0. The van der Waals surface area contributed by atoms with Crippen LogP contribution in [0.15, 0.2) is 12.1 Å². The molecule has 1 nitrogen and oxygen atoms in total. The predicted octanol–water partition coefficient (Wildman–Crippen LogP) is -0.725. The number of nitrogens with zero attached hydrogens (tertiary/aromatic N) is 1. The Kier molecular flexibility index (Phi) is 6.57. The van der Waals surface area contributed by atoms with Gasteiger partial charge in [0, 0.05) is 6.54 Å². The Bertz CT molecular complexity index is 203. The van der Waals surface area contributed by atoms with Crippen LogP contribution >= 0.6 is 0 Å². The largest absolute Gasteiger partial charge is 1.00 e. The number of halogens is 3. The van der Waals surface area contributed by atoms with Gasteiger partial charge in [-0.1, -0.05) is 0 Å². The number of hydrogen-bond donors (Lipinski definition) is 0. The molecule has 0 bridgehead atoms. The Hall–Kier alpha value is 1.19. The van der Waals surface area contributed by atoms with Crippen LogP contribution in [0.25, 0.3) is 0 Å². The van der Waals surface area contributed by atoms with Gasteiger partial charge >= 0.3 is 58.4 Å². The molecule has 76 valence electrons. The van der Waals surface area contributed by atoms with Gasteiger partial charge in [-0.25, -0.2) is 0 Å². The molecule has 0 aromatic rings. The van der Waals surface area contributed by atoms with E-state index in [0.717, 1.165) is 19.4 Å². The van der Waals surface area contributed by atoms with Gasteiger partial charge in [-0.2, -0.15) is 0 Å². The fraction of sp³-hybridized carbons (Fsp3) is 0.750. The van der Waals surface area contributed by atoms with Crippen LogP contribution < -0.4 is 51.4 Å². The molecule has 0 heterocycles. The average molecular weight is 231 g/mol. The van der Waals surface area contributed by atoms with E-state index in [-0.39, 0.29) is 57.9 Å². The monoisotopic (exact) mass is 231 g/mol. The number of hydrogen-bond acceptors (Lipinski definition) is 1. The molecule has 0 radical (unpaired) electrons. The van der Waals surface area contributed by atoms with E-state index in [2.05, 4.69) is 6.58 Å². The van der Waals surface area contributed by atoms with Gasteiger partial charge in [0.1, 0.15) is 0 Å². The van der Waals surface area contributed by atoms with Crippen LogP contribution in [0.5, 0.6) is 0 Å². The van der Waals surface area contributed by atoms with Crippen molar-refractivity contribution < 1.29 is 64.3 Å². The van der Waals surface area contributed by atoms with Crippen LogP contribution in [0.1, 0.15) is 12.8 Å². The van der Waals surface area contributed by atoms with Gasteiger partial charge in [-0.05, 0) is 32.4 Å². The molecule has 0 aliphatic heterocycles. The maximum absolute atomic E-state index is 12.1. The zero-order valence-corrected chi connectivity index (χ0v) is 11.9. The average Bonchev–Trinajstić information content (AvgIpc) is 2.68. The van der Waals surface area contributed by atoms with Crippen molar-refractivity contribution in [1.82, 2.24) is 4.90 Å². The third kappa shape index (κ3) is 5.92. The van der Waals surface area contributed by atoms with E-state index in [4.69, 9.17) is 0 Å². The zero-order valence-electron chi connectivity index (χ0n) is 8.77. The van der Waals surface area contributed by atoms with Crippen molar-refractivity contribution in [3.8, 4) is 0 Å². The normalized spacial score (nSPS) is 16.6. The van der Waals surface area contributed by atoms with Crippen LogP contribution in [0.3, 0.4) is 0 Å². The van der Waals surface area contributed by atoms with Crippen molar-refractivity contribution >= 4 is 6.98 Å². The molecule has 0 spiro atoms. The number of likely N-dealkylation sites (N-methyl/N-ethyl adjacent to an activating group) is 1. The summed E-state index contributed by atoms with van der Waals surface area (Å²) < 4.78 is 36.3. The molecule has 1 rings (SSSR count). The molecule has 0 aromatic heterocycles. The van der Waals surface area contributed by atoms with E-state index >= 15 is 0 Å².